The van der Waals surface area contributed by atoms with Gasteiger partial charge < -0.3 is 15.3 Å². The predicted molar refractivity (Wildman–Crippen MR) is 113 cm³/mol. The second kappa shape index (κ2) is 8.85. The van der Waals surface area contributed by atoms with E-state index >= 15 is 0 Å². The second-order valence-corrected chi connectivity index (χ2v) is 7.50. The second-order valence-electron chi connectivity index (χ2n) is 6.65. The Kier molecular flexibility index (Phi) is 7.37. The number of benzene rings is 1. The molecule has 0 bridgehead atoms. The third kappa shape index (κ3) is 4.64. The molecule has 0 spiro atoms. The van der Waals surface area contributed by atoms with E-state index in [1.165, 1.54) is 22.9 Å². The van der Waals surface area contributed by atoms with Crippen molar-refractivity contribution in [3.63, 3.8) is 0 Å². The van der Waals surface area contributed by atoms with Gasteiger partial charge in [-0.05, 0) is 44.2 Å². The van der Waals surface area contributed by atoms with Crippen LogP contribution in [0.3, 0.4) is 0 Å². The standard InChI is InChI=1S/C18H26BrN3O.HI/c1-2-20-17(22-11-7-14(23)8-12-22)21-13-18(9-10-18)15-5-3-4-6-16(15)19;/h3-6,14,23H,2,7-13H2,1H3,(H,20,21);1H. The Morgan fingerprint density at radius 1 is 1.33 bits per heavy atom. The highest BCUT2D eigenvalue weighted by Crippen LogP contribution is 2.50. The first-order valence-corrected chi connectivity index (χ1v) is 9.40. The van der Waals surface area contributed by atoms with Crippen molar-refractivity contribution in [2.24, 2.45) is 4.99 Å². The van der Waals surface area contributed by atoms with Crippen molar-refractivity contribution in [2.45, 2.75) is 44.1 Å². The van der Waals surface area contributed by atoms with Crippen LogP contribution >= 0.6 is 39.9 Å². The number of halogens is 2. The first-order valence-electron chi connectivity index (χ1n) is 8.61. The largest absolute Gasteiger partial charge is 0.393 e. The Labute approximate surface area is 170 Å². The molecule has 0 unspecified atom stereocenters. The number of rotatable bonds is 4. The molecule has 0 amide bonds. The van der Waals surface area contributed by atoms with Gasteiger partial charge in [0.1, 0.15) is 0 Å². The van der Waals surface area contributed by atoms with Crippen LogP contribution in [0.25, 0.3) is 0 Å². The van der Waals surface area contributed by atoms with Crippen LogP contribution in [0.4, 0.5) is 0 Å². The lowest BCUT2D eigenvalue weighted by Gasteiger charge is -2.32. The number of guanidine groups is 1. The van der Waals surface area contributed by atoms with Gasteiger partial charge in [0.05, 0.1) is 12.6 Å². The fraction of sp³-hybridized carbons (Fsp3) is 0.611. The lowest BCUT2D eigenvalue weighted by Crippen LogP contribution is -2.46. The minimum Gasteiger partial charge on any atom is -0.393 e. The van der Waals surface area contributed by atoms with E-state index in [0.29, 0.717) is 0 Å². The van der Waals surface area contributed by atoms with Gasteiger partial charge in [-0.2, -0.15) is 0 Å². The third-order valence-corrected chi connectivity index (χ3v) is 5.62. The van der Waals surface area contributed by atoms with Crippen LogP contribution in [0.1, 0.15) is 38.2 Å². The molecule has 1 aromatic rings. The molecule has 2 aliphatic rings. The number of likely N-dealkylation sites (tertiary alicyclic amines) is 1. The summed E-state index contributed by atoms with van der Waals surface area (Å²) in [6.07, 6.45) is 3.93. The summed E-state index contributed by atoms with van der Waals surface area (Å²) in [4.78, 5) is 7.23. The Balaban J connectivity index is 0.00000208. The van der Waals surface area contributed by atoms with E-state index in [2.05, 4.69) is 57.3 Å². The molecule has 0 atom stereocenters. The van der Waals surface area contributed by atoms with Crippen LogP contribution < -0.4 is 5.32 Å². The zero-order valence-electron chi connectivity index (χ0n) is 14.2. The van der Waals surface area contributed by atoms with Crippen LogP contribution in [-0.2, 0) is 5.41 Å². The summed E-state index contributed by atoms with van der Waals surface area (Å²) in [5.41, 5.74) is 1.59. The van der Waals surface area contributed by atoms with E-state index in [0.717, 1.165) is 45.0 Å². The summed E-state index contributed by atoms with van der Waals surface area (Å²) < 4.78 is 1.19. The van der Waals surface area contributed by atoms with Gasteiger partial charge >= 0.3 is 0 Å². The third-order valence-electron chi connectivity index (χ3n) is 4.93. The Morgan fingerprint density at radius 2 is 2.00 bits per heavy atom. The molecule has 1 saturated heterocycles. The fourth-order valence-electron chi connectivity index (χ4n) is 3.28. The topological polar surface area (TPSA) is 47.9 Å². The molecule has 1 heterocycles. The molecule has 4 nitrogen and oxygen atoms in total. The molecule has 6 heteroatoms. The van der Waals surface area contributed by atoms with Crippen molar-refractivity contribution in [1.82, 2.24) is 10.2 Å². The van der Waals surface area contributed by atoms with Crippen molar-refractivity contribution < 1.29 is 5.11 Å². The van der Waals surface area contributed by atoms with Crippen LogP contribution in [0.2, 0.25) is 0 Å². The van der Waals surface area contributed by atoms with Crippen molar-refractivity contribution in [2.75, 3.05) is 26.2 Å². The van der Waals surface area contributed by atoms with Crippen LogP contribution in [0, 0.1) is 0 Å². The van der Waals surface area contributed by atoms with Gasteiger partial charge in [0.25, 0.3) is 0 Å². The van der Waals surface area contributed by atoms with E-state index in [1.807, 2.05) is 0 Å². The summed E-state index contributed by atoms with van der Waals surface area (Å²) in [6, 6.07) is 8.52. The Morgan fingerprint density at radius 3 is 2.58 bits per heavy atom. The molecule has 3 rings (SSSR count). The van der Waals surface area contributed by atoms with Gasteiger partial charge in [0.2, 0.25) is 0 Å². The number of hydrogen-bond acceptors (Lipinski definition) is 2. The molecule has 1 aromatic carbocycles. The minimum atomic E-state index is -0.149. The number of piperidine rings is 1. The van der Waals surface area contributed by atoms with Gasteiger partial charge in [-0.1, -0.05) is 34.1 Å². The van der Waals surface area contributed by atoms with Crippen LogP contribution in [0.15, 0.2) is 33.7 Å². The zero-order valence-corrected chi connectivity index (χ0v) is 18.1. The lowest BCUT2D eigenvalue weighted by molar-refractivity contribution is 0.108. The molecule has 1 saturated carbocycles. The highest BCUT2D eigenvalue weighted by atomic mass is 127. The number of aliphatic hydroxyl groups excluding tert-OH is 1. The van der Waals surface area contributed by atoms with Gasteiger partial charge in [0.15, 0.2) is 5.96 Å². The molecular weight excluding hydrogens is 481 g/mol. The summed E-state index contributed by atoms with van der Waals surface area (Å²) in [6.45, 7) is 5.58. The number of nitrogens with zero attached hydrogens (tertiary/aromatic N) is 2. The molecule has 24 heavy (non-hydrogen) atoms. The highest BCUT2D eigenvalue weighted by Gasteiger charge is 2.45. The van der Waals surface area contributed by atoms with E-state index in [1.54, 1.807) is 0 Å². The number of hydrogen-bond donors (Lipinski definition) is 2. The summed E-state index contributed by atoms with van der Waals surface area (Å²) >= 11 is 3.69. The van der Waals surface area contributed by atoms with Crippen LogP contribution in [-0.4, -0.2) is 48.2 Å². The molecule has 134 valence electrons. The molecule has 1 aliphatic heterocycles. The molecule has 2 N–H and O–H groups in total. The first-order chi connectivity index (χ1) is 11.1. The van der Waals surface area contributed by atoms with Crippen LogP contribution in [0.5, 0.6) is 0 Å². The molecule has 0 radical (unpaired) electrons. The maximum absolute atomic E-state index is 9.69. The first kappa shape index (κ1) is 20.0. The zero-order chi connectivity index (χ0) is 16.3. The average molecular weight is 508 g/mol. The van der Waals surface area contributed by atoms with Crippen molar-refractivity contribution in [3.05, 3.63) is 34.3 Å². The number of aliphatic hydroxyl groups is 1. The fourth-order valence-corrected chi connectivity index (χ4v) is 3.99. The number of nitrogens with one attached hydrogen (secondary N) is 1. The normalized spacial score (nSPS) is 20.5. The van der Waals surface area contributed by atoms with Crippen molar-refractivity contribution >= 4 is 45.9 Å². The summed E-state index contributed by atoms with van der Waals surface area (Å²) in [5.74, 6) is 0.998. The molecule has 0 aromatic heterocycles. The van der Waals surface area contributed by atoms with E-state index in [-0.39, 0.29) is 35.5 Å². The Hall–Kier alpha value is -0.340. The van der Waals surface area contributed by atoms with Gasteiger partial charge in [-0.15, -0.1) is 24.0 Å². The molecule has 1 aliphatic carbocycles. The maximum Gasteiger partial charge on any atom is 0.193 e. The average Bonchev–Trinajstić information content (AvgIpc) is 3.34. The maximum atomic E-state index is 9.69. The van der Waals surface area contributed by atoms with Gasteiger partial charge in [-0.25, -0.2) is 0 Å². The minimum absolute atomic E-state index is 0. The van der Waals surface area contributed by atoms with Gasteiger partial charge in [0, 0.05) is 29.5 Å². The molecule has 2 fully saturated rings. The Bertz CT molecular complexity index is 569. The highest BCUT2D eigenvalue weighted by molar-refractivity contribution is 14.0. The monoisotopic (exact) mass is 507 g/mol. The van der Waals surface area contributed by atoms with E-state index in [4.69, 9.17) is 4.99 Å². The summed E-state index contributed by atoms with van der Waals surface area (Å²) in [5, 5.41) is 13.1. The van der Waals surface area contributed by atoms with Gasteiger partial charge in [-0.3, -0.25) is 4.99 Å². The van der Waals surface area contributed by atoms with Crippen molar-refractivity contribution in [3.8, 4) is 0 Å². The van der Waals surface area contributed by atoms with Crippen molar-refractivity contribution in [1.29, 1.82) is 0 Å². The molecular formula is C18H27BrIN3O. The van der Waals surface area contributed by atoms with E-state index in [9.17, 15) is 5.11 Å². The quantitative estimate of drug-likeness (QED) is 0.372. The van der Waals surface area contributed by atoms with E-state index < -0.39 is 0 Å². The smallest absolute Gasteiger partial charge is 0.193 e. The lowest BCUT2D eigenvalue weighted by atomic mass is 9.96. The summed E-state index contributed by atoms with van der Waals surface area (Å²) in [7, 11) is 0. The predicted octanol–water partition coefficient (Wildman–Crippen LogP) is 3.52. The number of aliphatic imine (C=N–C) groups is 1. The SMILES string of the molecule is CCNC(=NCC1(c2ccccc2Br)CC1)N1CCC(O)CC1.I.